The predicted molar refractivity (Wildman–Crippen MR) is 80.9 cm³/mol. The van der Waals surface area contributed by atoms with Gasteiger partial charge in [0.1, 0.15) is 6.04 Å². The fourth-order valence-electron chi connectivity index (χ4n) is 1.71. The molecule has 0 bridgehead atoms. The average Bonchev–Trinajstić information content (AvgIpc) is 2.44. The third kappa shape index (κ3) is 6.61. The molecular weight excluding hydrogens is 274 g/mol. The van der Waals surface area contributed by atoms with Crippen molar-refractivity contribution in [3.63, 3.8) is 0 Å². The van der Waals surface area contributed by atoms with Gasteiger partial charge in [-0.2, -0.15) is 0 Å². The second-order valence-corrected chi connectivity index (χ2v) is 5.68. The van der Waals surface area contributed by atoms with E-state index in [1.165, 1.54) is 0 Å². The largest absolute Gasteiger partial charge is 0.480 e. The van der Waals surface area contributed by atoms with Crippen molar-refractivity contribution in [2.45, 2.75) is 43.5 Å². The molecule has 0 aliphatic heterocycles. The second-order valence-electron chi connectivity index (χ2n) is 4.51. The maximum Gasteiger partial charge on any atom is 0.326 e. The molecule has 0 aliphatic carbocycles. The molecule has 110 valence electrons. The summed E-state index contributed by atoms with van der Waals surface area (Å²) in [5, 5.41) is 11.6. The minimum Gasteiger partial charge on any atom is -0.480 e. The first-order valence-electron chi connectivity index (χ1n) is 6.83. The van der Waals surface area contributed by atoms with Crippen molar-refractivity contribution < 1.29 is 14.7 Å². The van der Waals surface area contributed by atoms with Gasteiger partial charge in [0.05, 0.1) is 0 Å². The van der Waals surface area contributed by atoms with Gasteiger partial charge in [-0.1, -0.05) is 38.0 Å². The van der Waals surface area contributed by atoms with E-state index in [0.29, 0.717) is 18.6 Å². The zero-order chi connectivity index (χ0) is 14.8. The number of thioether (sulfide) groups is 1. The summed E-state index contributed by atoms with van der Waals surface area (Å²) in [6.45, 7) is 2.00. The molecule has 0 radical (unpaired) electrons. The zero-order valence-corrected chi connectivity index (χ0v) is 12.5. The summed E-state index contributed by atoms with van der Waals surface area (Å²) in [5.41, 5.74) is 0. The van der Waals surface area contributed by atoms with Crippen LogP contribution in [0, 0.1) is 0 Å². The molecule has 20 heavy (non-hydrogen) atoms. The van der Waals surface area contributed by atoms with Crippen LogP contribution in [0.15, 0.2) is 35.2 Å². The topological polar surface area (TPSA) is 66.4 Å². The Hall–Kier alpha value is -1.49. The quantitative estimate of drug-likeness (QED) is 0.687. The molecule has 1 aromatic rings. The normalized spacial score (nSPS) is 11.8. The number of benzene rings is 1. The SMILES string of the molecule is CCCC[C@H](NC(=O)CCSc1ccccc1)C(=O)O. The molecule has 0 saturated carbocycles. The lowest BCUT2D eigenvalue weighted by Gasteiger charge is -2.13. The maximum absolute atomic E-state index is 11.7. The minimum absolute atomic E-state index is 0.197. The van der Waals surface area contributed by atoms with Crippen LogP contribution in [0.1, 0.15) is 32.6 Å². The van der Waals surface area contributed by atoms with Crippen LogP contribution in [-0.2, 0) is 9.59 Å². The summed E-state index contributed by atoms with van der Waals surface area (Å²) in [6, 6.07) is 9.07. The molecule has 4 nitrogen and oxygen atoms in total. The Bertz CT molecular complexity index is 422. The Kier molecular flexibility index (Phi) is 7.80. The predicted octanol–water partition coefficient (Wildman–Crippen LogP) is 2.93. The minimum atomic E-state index is -0.956. The molecule has 1 rings (SSSR count). The molecule has 0 spiro atoms. The van der Waals surface area contributed by atoms with Gasteiger partial charge in [-0.05, 0) is 18.6 Å². The molecular formula is C15H21NO3S. The van der Waals surface area contributed by atoms with Gasteiger partial charge >= 0.3 is 5.97 Å². The van der Waals surface area contributed by atoms with Gasteiger partial charge in [0.2, 0.25) is 5.91 Å². The van der Waals surface area contributed by atoms with Crippen LogP contribution in [0.2, 0.25) is 0 Å². The molecule has 1 amide bonds. The van der Waals surface area contributed by atoms with Crippen molar-refractivity contribution in [2.75, 3.05) is 5.75 Å². The Morgan fingerprint density at radius 3 is 2.60 bits per heavy atom. The Morgan fingerprint density at radius 1 is 1.30 bits per heavy atom. The highest BCUT2D eigenvalue weighted by Crippen LogP contribution is 2.17. The number of rotatable bonds is 9. The van der Waals surface area contributed by atoms with Crippen molar-refractivity contribution in [2.24, 2.45) is 0 Å². The number of hydrogen-bond acceptors (Lipinski definition) is 3. The van der Waals surface area contributed by atoms with Gasteiger partial charge in [-0.15, -0.1) is 11.8 Å². The highest BCUT2D eigenvalue weighted by atomic mass is 32.2. The van der Waals surface area contributed by atoms with Gasteiger partial charge in [0.15, 0.2) is 0 Å². The van der Waals surface area contributed by atoms with E-state index in [2.05, 4.69) is 5.32 Å². The number of carboxylic acid groups (broad SMARTS) is 1. The van der Waals surface area contributed by atoms with E-state index >= 15 is 0 Å². The lowest BCUT2D eigenvalue weighted by molar-refractivity contribution is -0.142. The van der Waals surface area contributed by atoms with Crippen LogP contribution >= 0.6 is 11.8 Å². The van der Waals surface area contributed by atoms with Crippen LogP contribution in [-0.4, -0.2) is 28.8 Å². The van der Waals surface area contributed by atoms with Crippen LogP contribution < -0.4 is 5.32 Å². The standard InChI is InChI=1S/C15H21NO3S/c1-2-3-9-13(15(18)19)16-14(17)10-11-20-12-7-5-4-6-8-12/h4-8,13H,2-3,9-11H2,1H3,(H,16,17)(H,18,19)/t13-/m0/s1. The van der Waals surface area contributed by atoms with E-state index < -0.39 is 12.0 Å². The molecule has 0 aromatic heterocycles. The molecule has 0 saturated heterocycles. The van der Waals surface area contributed by atoms with Gasteiger partial charge in [-0.3, -0.25) is 4.79 Å². The van der Waals surface area contributed by atoms with E-state index in [4.69, 9.17) is 5.11 Å². The van der Waals surface area contributed by atoms with E-state index in [0.717, 1.165) is 17.7 Å². The van der Waals surface area contributed by atoms with Crippen molar-refractivity contribution in [1.29, 1.82) is 0 Å². The first-order chi connectivity index (χ1) is 9.63. The maximum atomic E-state index is 11.7. The van der Waals surface area contributed by atoms with Crippen LogP contribution in [0.5, 0.6) is 0 Å². The second kappa shape index (κ2) is 9.42. The lowest BCUT2D eigenvalue weighted by Crippen LogP contribution is -2.40. The summed E-state index contributed by atoms with van der Waals surface area (Å²) in [6.07, 6.45) is 2.54. The smallest absolute Gasteiger partial charge is 0.326 e. The van der Waals surface area contributed by atoms with Crippen molar-refractivity contribution in [3.8, 4) is 0 Å². The van der Waals surface area contributed by atoms with Crippen molar-refractivity contribution in [1.82, 2.24) is 5.32 Å². The number of carbonyl (C=O) groups excluding carboxylic acids is 1. The van der Waals surface area contributed by atoms with Gasteiger partial charge in [0.25, 0.3) is 0 Å². The van der Waals surface area contributed by atoms with Gasteiger partial charge in [-0.25, -0.2) is 4.79 Å². The van der Waals surface area contributed by atoms with E-state index in [1.54, 1.807) is 11.8 Å². The summed E-state index contributed by atoms with van der Waals surface area (Å²) in [4.78, 5) is 23.9. The number of hydrogen-bond donors (Lipinski definition) is 2. The third-order valence-electron chi connectivity index (χ3n) is 2.82. The monoisotopic (exact) mass is 295 g/mol. The van der Waals surface area contributed by atoms with Crippen LogP contribution in [0.4, 0.5) is 0 Å². The summed E-state index contributed by atoms with van der Waals surface area (Å²) in [7, 11) is 0. The Labute approximate surface area is 124 Å². The number of unbranched alkanes of at least 4 members (excludes halogenated alkanes) is 1. The van der Waals surface area contributed by atoms with Crippen LogP contribution in [0.25, 0.3) is 0 Å². The molecule has 0 unspecified atom stereocenters. The number of carboxylic acids is 1. The molecule has 1 atom stereocenters. The molecule has 0 fully saturated rings. The number of amides is 1. The summed E-state index contributed by atoms with van der Waals surface area (Å²) < 4.78 is 0. The summed E-state index contributed by atoms with van der Waals surface area (Å²) >= 11 is 1.59. The number of aliphatic carboxylic acids is 1. The Balaban J connectivity index is 2.29. The molecule has 2 N–H and O–H groups in total. The fourth-order valence-corrected chi connectivity index (χ4v) is 2.58. The summed E-state index contributed by atoms with van der Waals surface area (Å²) in [5.74, 6) is -0.505. The van der Waals surface area contributed by atoms with Crippen LogP contribution in [0.3, 0.4) is 0 Å². The fraction of sp³-hybridized carbons (Fsp3) is 0.467. The average molecular weight is 295 g/mol. The lowest BCUT2D eigenvalue weighted by atomic mass is 10.1. The van der Waals surface area contributed by atoms with Gasteiger partial charge < -0.3 is 10.4 Å². The molecule has 0 aliphatic rings. The molecule has 0 heterocycles. The van der Waals surface area contributed by atoms with Gasteiger partial charge in [0, 0.05) is 17.1 Å². The molecule has 1 aromatic carbocycles. The van der Waals surface area contributed by atoms with E-state index in [-0.39, 0.29) is 5.91 Å². The molecule has 5 heteroatoms. The van der Waals surface area contributed by atoms with Crippen molar-refractivity contribution >= 4 is 23.6 Å². The first-order valence-corrected chi connectivity index (χ1v) is 7.82. The van der Waals surface area contributed by atoms with Crippen molar-refractivity contribution in [3.05, 3.63) is 30.3 Å². The number of nitrogens with one attached hydrogen (secondary N) is 1. The Morgan fingerprint density at radius 2 is 2.00 bits per heavy atom. The number of carbonyl (C=O) groups is 2. The highest BCUT2D eigenvalue weighted by molar-refractivity contribution is 7.99. The zero-order valence-electron chi connectivity index (χ0n) is 11.7. The third-order valence-corrected chi connectivity index (χ3v) is 3.83. The van der Waals surface area contributed by atoms with E-state index in [9.17, 15) is 9.59 Å². The van der Waals surface area contributed by atoms with E-state index in [1.807, 2.05) is 37.3 Å². The highest BCUT2D eigenvalue weighted by Gasteiger charge is 2.18. The first kappa shape index (κ1) is 16.6.